The Morgan fingerprint density at radius 1 is 1.44 bits per heavy atom. The molecule has 0 unspecified atom stereocenters. The van der Waals surface area contributed by atoms with E-state index in [1.165, 1.54) is 30.2 Å². The topological polar surface area (TPSA) is 92.9 Å². The van der Waals surface area contributed by atoms with E-state index in [1.807, 2.05) is 0 Å². The van der Waals surface area contributed by atoms with E-state index in [9.17, 15) is 14.7 Å². The fourth-order valence-electron chi connectivity index (χ4n) is 1.41. The van der Waals surface area contributed by atoms with Gasteiger partial charge in [-0.3, -0.25) is 9.59 Å². The predicted molar refractivity (Wildman–Crippen MR) is 66.1 cm³/mol. The molecule has 0 fully saturated rings. The van der Waals surface area contributed by atoms with Gasteiger partial charge in [0, 0.05) is 12.1 Å². The van der Waals surface area contributed by atoms with E-state index in [0.29, 0.717) is 6.54 Å². The number of hydrogen-bond acceptors (Lipinski definition) is 5. The van der Waals surface area contributed by atoms with Gasteiger partial charge in [0.15, 0.2) is 0 Å². The zero-order valence-electron chi connectivity index (χ0n) is 10.3. The lowest BCUT2D eigenvalue weighted by molar-refractivity contribution is -0.141. The largest absolute Gasteiger partial charge is 0.506 e. The van der Waals surface area contributed by atoms with Gasteiger partial charge in [-0.25, -0.2) is 0 Å². The molecule has 1 amide bonds. The molecule has 6 heteroatoms. The molecule has 1 rings (SSSR count). The number of phenols is 1. The Balaban J connectivity index is 2.89. The number of esters is 1. The summed E-state index contributed by atoms with van der Waals surface area (Å²) in [5, 5.41) is 9.44. The van der Waals surface area contributed by atoms with Crippen LogP contribution in [0.5, 0.6) is 5.75 Å². The van der Waals surface area contributed by atoms with Gasteiger partial charge in [0.2, 0.25) is 0 Å². The summed E-state index contributed by atoms with van der Waals surface area (Å²) >= 11 is 0. The molecule has 0 bridgehead atoms. The second kappa shape index (κ2) is 5.90. The third-order valence-electron chi connectivity index (χ3n) is 2.49. The van der Waals surface area contributed by atoms with Crippen LogP contribution >= 0.6 is 0 Å². The van der Waals surface area contributed by atoms with Crippen LogP contribution in [0.15, 0.2) is 18.2 Å². The molecule has 98 valence electrons. The molecular formula is C12H16N2O4. The molecule has 0 atom stereocenters. The Bertz CT molecular complexity index is 459. The standard InChI is InChI=1S/C12H16N2O4/c1-3-14(7-11(16)18-2)12(17)8-4-5-9(13)10(15)6-8/h4-6,15H,3,7,13H2,1-2H3. The zero-order valence-corrected chi connectivity index (χ0v) is 10.3. The molecule has 0 aliphatic carbocycles. The molecule has 0 radical (unpaired) electrons. The predicted octanol–water partition coefficient (Wildman–Crippen LogP) is 0.609. The van der Waals surface area contributed by atoms with E-state index < -0.39 is 5.97 Å². The Labute approximate surface area is 105 Å². The Hall–Kier alpha value is -2.24. The first-order chi connectivity index (χ1) is 8.49. The maximum atomic E-state index is 12.1. The summed E-state index contributed by atoms with van der Waals surface area (Å²) in [7, 11) is 1.26. The first kappa shape index (κ1) is 13.8. The molecule has 0 aromatic heterocycles. The maximum absolute atomic E-state index is 12.1. The van der Waals surface area contributed by atoms with Crippen molar-refractivity contribution in [2.24, 2.45) is 0 Å². The molecule has 0 saturated carbocycles. The molecule has 1 aromatic rings. The molecule has 6 nitrogen and oxygen atoms in total. The SMILES string of the molecule is CCN(CC(=O)OC)C(=O)c1ccc(N)c(O)c1. The number of likely N-dealkylation sites (N-methyl/N-ethyl adjacent to an activating group) is 1. The van der Waals surface area contributed by atoms with E-state index in [0.717, 1.165) is 0 Å². The summed E-state index contributed by atoms with van der Waals surface area (Å²) in [6.07, 6.45) is 0. The number of methoxy groups -OCH3 is 1. The number of anilines is 1. The molecular weight excluding hydrogens is 236 g/mol. The van der Waals surface area contributed by atoms with Gasteiger partial charge >= 0.3 is 5.97 Å². The Morgan fingerprint density at radius 2 is 2.11 bits per heavy atom. The van der Waals surface area contributed by atoms with Crippen molar-refractivity contribution in [2.75, 3.05) is 25.9 Å². The second-order valence-electron chi connectivity index (χ2n) is 3.67. The van der Waals surface area contributed by atoms with Crippen molar-refractivity contribution in [3.05, 3.63) is 23.8 Å². The van der Waals surface area contributed by atoms with Gasteiger partial charge in [0.25, 0.3) is 5.91 Å². The number of hydrogen-bond donors (Lipinski definition) is 2. The molecule has 0 saturated heterocycles. The first-order valence-corrected chi connectivity index (χ1v) is 5.44. The van der Waals surface area contributed by atoms with E-state index in [1.54, 1.807) is 6.92 Å². The second-order valence-corrected chi connectivity index (χ2v) is 3.67. The highest BCUT2D eigenvalue weighted by Crippen LogP contribution is 2.21. The first-order valence-electron chi connectivity index (χ1n) is 5.44. The summed E-state index contributed by atoms with van der Waals surface area (Å²) in [4.78, 5) is 24.5. The summed E-state index contributed by atoms with van der Waals surface area (Å²) in [6, 6.07) is 4.21. The quantitative estimate of drug-likeness (QED) is 0.465. The average molecular weight is 252 g/mol. The Kier molecular flexibility index (Phi) is 4.53. The van der Waals surface area contributed by atoms with Crippen molar-refractivity contribution in [2.45, 2.75) is 6.92 Å². The minimum absolute atomic E-state index is 0.128. The Morgan fingerprint density at radius 3 is 2.61 bits per heavy atom. The van der Waals surface area contributed by atoms with Gasteiger partial charge < -0.3 is 20.5 Å². The van der Waals surface area contributed by atoms with Crippen LogP contribution in [0.4, 0.5) is 5.69 Å². The number of benzene rings is 1. The lowest BCUT2D eigenvalue weighted by Gasteiger charge is -2.19. The third-order valence-corrected chi connectivity index (χ3v) is 2.49. The maximum Gasteiger partial charge on any atom is 0.325 e. The number of amides is 1. The van der Waals surface area contributed by atoms with Crippen LogP contribution in [0, 0.1) is 0 Å². The number of carbonyl (C=O) groups excluding carboxylic acids is 2. The molecule has 3 N–H and O–H groups in total. The van der Waals surface area contributed by atoms with Crippen LogP contribution < -0.4 is 5.73 Å². The highest BCUT2D eigenvalue weighted by Gasteiger charge is 2.18. The van der Waals surface area contributed by atoms with Crippen molar-refractivity contribution in [1.29, 1.82) is 0 Å². The highest BCUT2D eigenvalue weighted by molar-refractivity contribution is 5.96. The summed E-state index contributed by atoms with van der Waals surface area (Å²) < 4.78 is 4.51. The molecule has 0 spiro atoms. The number of ether oxygens (including phenoxy) is 1. The smallest absolute Gasteiger partial charge is 0.325 e. The molecule has 18 heavy (non-hydrogen) atoms. The van der Waals surface area contributed by atoms with Gasteiger partial charge in [-0.1, -0.05) is 0 Å². The van der Waals surface area contributed by atoms with Crippen molar-refractivity contribution in [1.82, 2.24) is 4.90 Å². The van der Waals surface area contributed by atoms with Gasteiger partial charge in [0.05, 0.1) is 12.8 Å². The number of aromatic hydroxyl groups is 1. The van der Waals surface area contributed by atoms with E-state index >= 15 is 0 Å². The van der Waals surface area contributed by atoms with Gasteiger partial charge in [-0.2, -0.15) is 0 Å². The summed E-state index contributed by atoms with van der Waals surface area (Å²) in [6.45, 7) is 1.98. The van der Waals surface area contributed by atoms with Crippen molar-refractivity contribution >= 4 is 17.6 Å². The summed E-state index contributed by atoms with van der Waals surface area (Å²) in [5.41, 5.74) is 5.92. The molecule has 0 aliphatic rings. The molecule has 0 aliphatic heterocycles. The van der Waals surface area contributed by atoms with Crippen LogP contribution in [-0.4, -0.2) is 42.1 Å². The summed E-state index contributed by atoms with van der Waals surface area (Å²) in [5.74, 6) is -1.02. The number of carbonyl (C=O) groups is 2. The van der Waals surface area contributed by atoms with E-state index in [4.69, 9.17) is 5.73 Å². The fourth-order valence-corrected chi connectivity index (χ4v) is 1.41. The van der Waals surface area contributed by atoms with Gasteiger partial charge in [0.1, 0.15) is 12.3 Å². The van der Waals surface area contributed by atoms with E-state index in [2.05, 4.69) is 4.74 Å². The zero-order chi connectivity index (χ0) is 13.7. The average Bonchev–Trinajstić information content (AvgIpc) is 2.38. The van der Waals surface area contributed by atoms with Crippen LogP contribution in [0.1, 0.15) is 17.3 Å². The highest BCUT2D eigenvalue weighted by atomic mass is 16.5. The number of nitrogens with zero attached hydrogens (tertiary/aromatic N) is 1. The minimum atomic E-state index is -0.495. The van der Waals surface area contributed by atoms with Crippen molar-refractivity contribution in [3.8, 4) is 5.75 Å². The third kappa shape index (κ3) is 3.13. The van der Waals surface area contributed by atoms with Crippen LogP contribution in [-0.2, 0) is 9.53 Å². The lowest BCUT2D eigenvalue weighted by Crippen LogP contribution is -2.36. The van der Waals surface area contributed by atoms with Crippen LogP contribution in [0.25, 0.3) is 0 Å². The number of rotatable bonds is 4. The monoisotopic (exact) mass is 252 g/mol. The normalized spacial score (nSPS) is 9.89. The van der Waals surface area contributed by atoms with Crippen LogP contribution in [0.3, 0.4) is 0 Å². The number of phenolic OH excluding ortho intramolecular Hbond substituents is 1. The van der Waals surface area contributed by atoms with Crippen molar-refractivity contribution in [3.63, 3.8) is 0 Å². The lowest BCUT2D eigenvalue weighted by atomic mass is 10.1. The van der Waals surface area contributed by atoms with Gasteiger partial charge in [-0.15, -0.1) is 0 Å². The van der Waals surface area contributed by atoms with Crippen molar-refractivity contribution < 1.29 is 19.4 Å². The van der Waals surface area contributed by atoms with E-state index in [-0.39, 0.29) is 29.5 Å². The fraction of sp³-hybridized carbons (Fsp3) is 0.333. The molecule has 1 aromatic carbocycles. The van der Waals surface area contributed by atoms with Crippen LogP contribution in [0.2, 0.25) is 0 Å². The number of nitrogens with two attached hydrogens (primary N) is 1. The van der Waals surface area contributed by atoms with Gasteiger partial charge in [-0.05, 0) is 25.1 Å². The minimum Gasteiger partial charge on any atom is -0.506 e. The molecule has 0 heterocycles. The number of nitrogen functional groups attached to an aromatic ring is 1.